The van der Waals surface area contributed by atoms with Gasteiger partial charge < -0.3 is 9.30 Å². The van der Waals surface area contributed by atoms with Crippen molar-refractivity contribution in [3.8, 4) is 17.0 Å². The lowest BCUT2D eigenvalue weighted by atomic mass is 10.2. The van der Waals surface area contributed by atoms with Crippen LogP contribution in [0.25, 0.3) is 11.3 Å². The summed E-state index contributed by atoms with van der Waals surface area (Å²) in [6.07, 6.45) is 0. The summed E-state index contributed by atoms with van der Waals surface area (Å²) in [4.78, 5) is 5.46. The Morgan fingerprint density at radius 1 is 1.19 bits per heavy atom. The van der Waals surface area contributed by atoms with Crippen molar-refractivity contribution >= 4 is 38.6 Å². The smallest absolute Gasteiger partial charge is 0.241 e. The van der Waals surface area contributed by atoms with Gasteiger partial charge in [0.2, 0.25) is 10.0 Å². The number of ether oxygens (including phenoxy) is 1. The molecule has 0 unspecified atom stereocenters. The summed E-state index contributed by atoms with van der Waals surface area (Å²) < 4.78 is 33.7. The van der Waals surface area contributed by atoms with Gasteiger partial charge in [-0.3, -0.25) is 0 Å². The summed E-state index contributed by atoms with van der Waals surface area (Å²) in [6, 6.07) is 12.4. The molecule has 0 amide bonds. The summed E-state index contributed by atoms with van der Waals surface area (Å²) in [5, 5.41) is 2.11. The van der Waals surface area contributed by atoms with Crippen LogP contribution >= 0.6 is 22.9 Å². The van der Waals surface area contributed by atoms with Crippen LogP contribution in [0.15, 0.2) is 57.7 Å². The average Bonchev–Trinajstić information content (AvgIpc) is 3.03. The molecular weight excluding hydrogens is 406 g/mol. The predicted molar refractivity (Wildman–Crippen MR) is 108 cm³/mol. The Bertz CT molecular complexity index is 1130. The first-order valence-electron chi connectivity index (χ1n) is 7.92. The van der Waals surface area contributed by atoms with E-state index in [4.69, 9.17) is 16.3 Å². The van der Waals surface area contributed by atoms with E-state index in [2.05, 4.69) is 9.71 Å². The second-order valence-corrected chi connectivity index (χ2v) is 8.72. The Labute approximate surface area is 166 Å². The molecule has 0 aliphatic carbocycles. The van der Waals surface area contributed by atoms with Crippen LogP contribution in [0.1, 0.15) is 0 Å². The number of nitrogens with one attached hydrogen (secondary N) is 1. The van der Waals surface area contributed by atoms with Crippen LogP contribution in [0.2, 0.25) is 5.02 Å². The third-order valence-electron chi connectivity index (χ3n) is 4.01. The van der Waals surface area contributed by atoms with Crippen molar-refractivity contribution in [3.05, 3.63) is 57.7 Å². The maximum absolute atomic E-state index is 12.2. The standard InChI is InChI=1S/C18H18ClN3O3S2/c1-20-27(23,24)17-10-12(4-9-15(17)19)16-11-26-18(22(16)2)21-13-5-7-14(25-3)8-6-13/h4-11,20H,1-3H3. The highest BCUT2D eigenvalue weighted by Crippen LogP contribution is 2.28. The molecule has 0 aliphatic rings. The van der Waals surface area contributed by atoms with Gasteiger partial charge in [-0.25, -0.2) is 18.1 Å². The van der Waals surface area contributed by atoms with Gasteiger partial charge in [-0.15, -0.1) is 11.3 Å². The van der Waals surface area contributed by atoms with Crippen molar-refractivity contribution in [2.45, 2.75) is 4.90 Å². The Balaban J connectivity index is 2.05. The molecule has 0 radical (unpaired) electrons. The molecule has 0 spiro atoms. The fourth-order valence-corrected chi connectivity index (χ4v) is 4.65. The van der Waals surface area contributed by atoms with E-state index in [1.165, 1.54) is 18.4 Å². The summed E-state index contributed by atoms with van der Waals surface area (Å²) in [6.45, 7) is 0. The topological polar surface area (TPSA) is 72.7 Å². The Hall–Kier alpha value is -2.13. The first kappa shape index (κ1) is 19.6. The highest BCUT2D eigenvalue weighted by molar-refractivity contribution is 7.89. The van der Waals surface area contributed by atoms with Gasteiger partial charge in [0.15, 0.2) is 4.80 Å². The fourth-order valence-electron chi connectivity index (χ4n) is 2.48. The highest BCUT2D eigenvalue weighted by atomic mass is 35.5. The third-order valence-corrected chi connectivity index (χ3v) is 6.82. The Morgan fingerprint density at radius 2 is 1.89 bits per heavy atom. The molecule has 1 N–H and O–H groups in total. The molecule has 0 bridgehead atoms. The predicted octanol–water partition coefficient (Wildman–Crippen LogP) is 3.56. The van der Waals surface area contributed by atoms with E-state index in [0.717, 1.165) is 27.5 Å². The number of nitrogens with zero attached hydrogens (tertiary/aromatic N) is 2. The Kier molecular flexibility index (Phi) is 5.71. The molecule has 6 nitrogen and oxygen atoms in total. The van der Waals surface area contributed by atoms with Crippen molar-refractivity contribution in [2.24, 2.45) is 12.0 Å². The van der Waals surface area contributed by atoms with Crippen LogP contribution in [-0.2, 0) is 17.1 Å². The van der Waals surface area contributed by atoms with Crippen molar-refractivity contribution in [3.63, 3.8) is 0 Å². The second-order valence-electron chi connectivity index (χ2n) is 5.63. The van der Waals surface area contributed by atoms with Gasteiger partial charge in [0, 0.05) is 18.0 Å². The van der Waals surface area contributed by atoms with Crippen LogP contribution < -0.4 is 14.3 Å². The molecule has 0 atom stereocenters. The lowest BCUT2D eigenvalue weighted by molar-refractivity contribution is 0.415. The van der Waals surface area contributed by atoms with E-state index >= 15 is 0 Å². The van der Waals surface area contributed by atoms with E-state index in [1.54, 1.807) is 25.3 Å². The van der Waals surface area contributed by atoms with Crippen LogP contribution in [0.3, 0.4) is 0 Å². The van der Waals surface area contributed by atoms with Crippen LogP contribution in [-0.4, -0.2) is 27.1 Å². The summed E-state index contributed by atoms with van der Waals surface area (Å²) in [5.41, 5.74) is 2.38. The zero-order valence-electron chi connectivity index (χ0n) is 14.9. The molecule has 2 aromatic carbocycles. The summed E-state index contributed by atoms with van der Waals surface area (Å²) in [5.74, 6) is 0.768. The van der Waals surface area contributed by atoms with Gasteiger partial charge in [-0.05, 0) is 43.4 Å². The van der Waals surface area contributed by atoms with Crippen molar-refractivity contribution < 1.29 is 13.2 Å². The maximum atomic E-state index is 12.2. The number of thiazole rings is 1. The number of sulfonamides is 1. The van der Waals surface area contributed by atoms with Crippen molar-refractivity contribution in [1.29, 1.82) is 0 Å². The quantitative estimate of drug-likeness (QED) is 0.682. The fraction of sp³-hybridized carbons (Fsp3) is 0.167. The minimum absolute atomic E-state index is 0.0454. The average molecular weight is 424 g/mol. The Morgan fingerprint density at radius 3 is 2.52 bits per heavy atom. The normalized spacial score (nSPS) is 12.4. The van der Waals surface area contributed by atoms with Gasteiger partial charge in [-0.1, -0.05) is 17.7 Å². The summed E-state index contributed by atoms with van der Waals surface area (Å²) >= 11 is 7.54. The van der Waals surface area contributed by atoms with E-state index in [0.29, 0.717) is 0 Å². The number of hydrogen-bond acceptors (Lipinski definition) is 5. The molecule has 0 saturated carbocycles. The minimum atomic E-state index is -3.64. The van der Waals surface area contributed by atoms with E-state index in [9.17, 15) is 8.42 Å². The number of rotatable bonds is 5. The number of hydrogen-bond donors (Lipinski definition) is 1. The molecule has 0 fully saturated rings. The first-order chi connectivity index (χ1) is 12.9. The van der Waals surface area contributed by atoms with Gasteiger partial charge in [-0.2, -0.15) is 0 Å². The van der Waals surface area contributed by atoms with E-state index in [1.807, 2.05) is 41.3 Å². The first-order valence-corrected chi connectivity index (χ1v) is 10.7. The van der Waals surface area contributed by atoms with E-state index < -0.39 is 10.0 Å². The van der Waals surface area contributed by atoms with Crippen molar-refractivity contribution in [2.75, 3.05) is 14.2 Å². The lowest BCUT2D eigenvalue weighted by Gasteiger charge is -2.08. The summed E-state index contributed by atoms with van der Waals surface area (Å²) in [7, 11) is 1.21. The monoisotopic (exact) mass is 423 g/mol. The van der Waals surface area contributed by atoms with Crippen LogP contribution in [0.4, 0.5) is 5.69 Å². The van der Waals surface area contributed by atoms with Crippen LogP contribution in [0.5, 0.6) is 5.75 Å². The zero-order chi connectivity index (χ0) is 19.6. The molecule has 0 saturated heterocycles. The largest absolute Gasteiger partial charge is 0.497 e. The third kappa shape index (κ3) is 4.08. The second kappa shape index (κ2) is 7.85. The zero-order valence-corrected chi connectivity index (χ0v) is 17.3. The number of benzene rings is 2. The number of halogens is 1. The van der Waals surface area contributed by atoms with Gasteiger partial charge in [0.1, 0.15) is 10.6 Å². The SMILES string of the molecule is CNS(=O)(=O)c1cc(-c2csc(=Nc3ccc(OC)cc3)n2C)ccc1Cl. The van der Waals surface area contributed by atoms with Gasteiger partial charge in [0.25, 0.3) is 0 Å². The molecule has 27 heavy (non-hydrogen) atoms. The molecule has 0 aliphatic heterocycles. The number of methoxy groups -OCH3 is 1. The molecule has 142 valence electrons. The maximum Gasteiger partial charge on any atom is 0.241 e. The van der Waals surface area contributed by atoms with Gasteiger partial charge >= 0.3 is 0 Å². The molecule has 9 heteroatoms. The van der Waals surface area contributed by atoms with Gasteiger partial charge in [0.05, 0.1) is 23.5 Å². The molecule has 3 rings (SSSR count). The molecular formula is C18H18ClN3O3S2. The molecule has 3 aromatic rings. The van der Waals surface area contributed by atoms with Crippen molar-refractivity contribution in [1.82, 2.24) is 9.29 Å². The lowest BCUT2D eigenvalue weighted by Crippen LogP contribution is -2.19. The molecule has 1 aromatic heterocycles. The molecule has 1 heterocycles. The number of aromatic nitrogens is 1. The minimum Gasteiger partial charge on any atom is -0.497 e. The van der Waals surface area contributed by atoms with Crippen LogP contribution in [0, 0.1) is 0 Å². The highest BCUT2D eigenvalue weighted by Gasteiger charge is 2.17. The van der Waals surface area contributed by atoms with E-state index in [-0.39, 0.29) is 9.92 Å².